The van der Waals surface area contributed by atoms with E-state index in [1.807, 2.05) is 0 Å². The molecule has 2 aliphatic carbocycles. The van der Waals surface area contributed by atoms with Gasteiger partial charge in [-0.25, -0.2) is 4.98 Å². The highest BCUT2D eigenvalue weighted by atomic mass is 32.1. The molecule has 19 heavy (non-hydrogen) atoms. The molecule has 2 bridgehead atoms. The van der Waals surface area contributed by atoms with Gasteiger partial charge in [-0.15, -0.1) is 11.3 Å². The van der Waals surface area contributed by atoms with Crippen LogP contribution in [-0.2, 0) is 0 Å². The van der Waals surface area contributed by atoms with Crippen LogP contribution in [0.1, 0.15) is 63.7 Å². The second kappa shape index (κ2) is 4.29. The number of aromatic nitrogens is 1. The fourth-order valence-corrected chi connectivity index (χ4v) is 5.42. The van der Waals surface area contributed by atoms with Crippen LogP contribution in [0.15, 0.2) is 5.38 Å². The van der Waals surface area contributed by atoms with E-state index in [0.717, 1.165) is 11.6 Å². The highest BCUT2D eigenvalue weighted by Crippen LogP contribution is 2.62. The van der Waals surface area contributed by atoms with Gasteiger partial charge in [-0.1, -0.05) is 20.8 Å². The summed E-state index contributed by atoms with van der Waals surface area (Å²) in [6.45, 7) is 11.7. The number of nitrogens with one attached hydrogen (secondary N) is 1. The van der Waals surface area contributed by atoms with Crippen molar-refractivity contribution in [3.63, 3.8) is 0 Å². The van der Waals surface area contributed by atoms with E-state index < -0.39 is 0 Å². The Morgan fingerprint density at radius 3 is 2.68 bits per heavy atom. The normalized spacial score (nSPS) is 37.7. The molecule has 3 rings (SSSR count). The molecule has 1 aromatic heterocycles. The second-order valence-electron chi connectivity index (χ2n) is 7.56. The van der Waals surface area contributed by atoms with Crippen LogP contribution >= 0.6 is 11.3 Å². The molecule has 4 atom stereocenters. The number of thiazole rings is 1. The van der Waals surface area contributed by atoms with Gasteiger partial charge >= 0.3 is 0 Å². The van der Waals surface area contributed by atoms with Crippen LogP contribution in [-0.4, -0.2) is 11.0 Å². The van der Waals surface area contributed by atoms with Gasteiger partial charge in [0.25, 0.3) is 0 Å². The summed E-state index contributed by atoms with van der Waals surface area (Å²) in [5.74, 6) is 0.903. The first-order chi connectivity index (χ1) is 8.83. The summed E-state index contributed by atoms with van der Waals surface area (Å²) >= 11 is 1.79. The topological polar surface area (TPSA) is 24.9 Å². The van der Waals surface area contributed by atoms with Gasteiger partial charge in [0.15, 0.2) is 0 Å². The molecule has 0 radical (unpaired) electrons. The Balaban J connectivity index is 1.79. The van der Waals surface area contributed by atoms with E-state index >= 15 is 0 Å². The lowest BCUT2D eigenvalue weighted by Gasteiger charge is -2.44. The molecule has 0 saturated heterocycles. The second-order valence-corrected chi connectivity index (χ2v) is 8.45. The number of aryl methyl sites for hydroxylation is 1. The van der Waals surface area contributed by atoms with Gasteiger partial charge in [0.05, 0.1) is 6.04 Å². The zero-order valence-electron chi connectivity index (χ0n) is 12.8. The number of hydrogen-bond acceptors (Lipinski definition) is 3. The fourth-order valence-electron chi connectivity index (χ4n) is 4.61. The van der Waals surface area contributed by atoms with Crippen molar-refractivity contribution in [2.45, 2.75) is 66.0 Å². The number of fused-ring (bicyclic) bond motifs is 2. The molecule has 0 spiro atoms. The first-order valence-corrected chi connectivity index (χ1v) is 8.39. The third-order valence-corrected chi connectivity index (χ3v) is 6.84. The molecule has 4 unspecified atom stereocenters. The fraction of sp³-hybridized carbons (Fsp3) is 0.812. The van der Waals surface area contributed by atoms with E-state index in [1.165, 1.54) is 24.3 Å². The lowest BCUT2D eigenvalue weighted by Crippen LogP contribution is -2.50. The van der Waals surface area contributed by atoms with Crippen molar-refractivity contribution < 1.29 is 0 Å². The Hall–Kier alpha value is -0.410. The van der Waals surface area contributed by atoms with Gasteiger partial charge < -0.3 is 5.32 Å². The molecule has 0 amide bonds. The van der Waals surface area contributed by atoms with Crippen molar-refractivity contribution in [1.29, 1.82) is 0 Å². The maximum atomic E-state index is 4.64. The lowest BCUT2D eigenvalue weighted by atomic mass is 9.68. The third kappa shape index (κ3) is 2.06. The van der Waals surface area contributed by atoms with Gasteiger partial charge in [0.2, 0.25) is 0 Å². The van der Waals surface area contributed by atoms with Crippen LogP contribution in [0.5, 0.6) is 0 Å². The number of rotatable bonds is 3. The molecule has 0 aromatic carbocycles. The SMILES string of the molecule is Cc1csc(C(C)NC2C3(C)CCC(C3)C2(C)C)n1. The molecule has 3 heteroatoms. The molecular formula is C16H26N2S. The van der Waals surface area contributed by atoms with Gasteiger partial charge in [-0.2, -0.15) is 0 Å². The molecule has 2 nitrogen and oxygen atoms in total. The van der Waals surface area contributed by atoms with Gasteiger partial charge in [-0.3, -0.25) is 0 Å². The first kappa shape index (κ1) is 13.6. The van der Waals surface area contributed by atoms with Crippen LogP contribution < -0.4 is 5.32 Å². The molecule has 0 aliphatic heterocycles. The highest BCUT2D eigenvalue weighted by Gasteiger charge is 2.59. The van der Waals surface area contributed by atoms with Gasteiger partial charge in [0.1, 0.15) is 5.01 Å². The summed E-state index contributed by atoms with van der Waals surface area (Å²) < 4.78 is 0. The number of nitrogens with zero attached hydrogens (tertiary/aromatic N) is 1. The van der Waals surface area contributed by atoms with E-state index in [4.69, 9.17) is 0 Å². The minimum atomic E-state index is 0.374. The zero-order valence-corrected chi connectivity index (χ0v) is 13.6. The quantitative estimate of drug-likeness (QED) is 0.891. The predicted molar refractivity (Wildman–Crippen MR) is 81.4 cm³/mol. The summed E-state index contributed by atoms with van der Waals surface area (Å²) in [6.07, 6.45) is 4.22. The molecule has 1 N–H and O–H groups in total. The van der Waals surface area contributed by atoms with E-state index in [1.54, 1.807) is 11.3 Å². The average molecular weight is 278 g/mol. The lowest BCUT2D eigenvalue weighted by molar-refractivity contribution is 0.100. The minimum Gasteiger partial charge on any atom is -0.304 e. The Morgan fingerprint density at radius 1 is 1.42 bits per heavy atom. The summed E-state index contributed by atoms with van der Waals surface area (Å²) in [5, 5.41) is 7.31. The van der Waals surface area contributed by atoms with Crippen LogP contribution in [0, 0.1) is 23.7 Å². The largest absolute Gasteiger partial charge is 0.304 e. The number of hydrogen-bond donors (Lipinski definition) is 1. The Morgan fingerprint density at radius 2 is 2.16 bits per heavy atom. The maximum absolute atomic E-state index is 4.64. The van der Waals surface area contributed by atoms with Crippen molar-refractivity contribution in [2.75, 3.05) is 0 Å². The molecule has 1 heterocycles. The average Bonchev–Trinajstić information content (AvgIpc) is 2.96. The summed E-state index contributed by atoms with van der Waals surface area (Å²) in [7, 11) is 0. The molecular weight excluding hydrogens is 252 g/mol. The van der Waals surface area contributed by atoms with E-state index in [2.05, 4.69) is 50.3 Å². The Kier molecular flexibility index (Phi) is 3.06. The van der Waals surface area contributed by atoms with Crippen molar-refractivity contribution >= 4 is 11.3 Å². The van der Waals surface area contributed by atoms with Crippen molar-refractivity contribution in [3.8, 4) is 0 Å². The zero-order chi connectivity index (χ0) is 13.8. The van der Waals surface area contributed by atoms with Crippen LogP contribution in [0.4, 0.5) is 0 Å². The van der Waals surface area contributed by atoms with Crippen molar-refractivity contribution in [2.24, 2.45) is 16.7 Å². The molecule has 106 valence electrons. The van der Waals surface area contributed by atoms with Crippen molar-refractivity contribution in [3.05, 3.63) is 16.1 Å². The highest BCUT2D eigenvalue weighted by molar-refractivity contribution is 7.09. The molecule has 2 saturated carbocycles. The van der Waals surface area contributed by atoms with Crippen LogP contribution in [0.2, 0.25) is 0 Å². The molecule has 1 aromatic rings. The predicted octanol–water partition coefficient (Wildman–Crippen LogP) is 4.32. The van der Waals surface area contributed by atoms with Crippen molar-refractivity contribution in [1.82, 2.24) is 10.3 Å². The smallest absolute Gasteiger partial charge is 0.110 e. The van der Waals surface area contributed by atoms with Crippen LogP contribution in [0.3, 0.4) is 0 Å². The van der Waals surface area contributed by atoms with Crippen LogP contribution in [0.25, 0.3) is 0 Å². The van der Waals surface area contributed by atoms with E-state index in [-0.39, 0.29) is 0 Å². The summed E-state index contributed by atoms with van der Waals surface area (Å²) in [4.78, 5) is 4.64. The minimum absolute atomic E-state index is 0.374. The summed E-state index contributed by atoms with van der Waals surface area (Å²) in [5.41, 5.74) is 2.06. The monoisotopic (exact) mass is 278 g/mol. The molecule has 2 aliphatic rings. The third-order valence-electron chi connectivity index (χ3n) is 5.69. The van der Waals surface area contributed by atoms with Gasteiger partial charge in [0, 0.05) is 17.1 Å². The Labute approximate surface area is 121 Å². The maximum Gasteiger partial charge on any atom is 0.110 e. The first-order valence-electron chi connectivity index (χ1n) is 7.51. The molecule has 2 fully saturated rings. The van der Waals surface area contributed by atoms with E-state index in [9.17, 15) is 0 Å². The standard InChI is InChI=1S/C16H26N2S/c1-10-9-19-13(17-10)11(2)18-14-15(3,4)12-6-7-16(14,5)8-12/h9,11-12,14,18H,6-8H2,1-5H3. The Bertz CT molecular complexity index is 474. The van der Waals surface area contributed by atoms with E-state index in [0.29, 0.717) is 22.9 Å². The van der Waals surface area contributed by atoms with Gasteiger partial charge in [-0.05, 0) is 49.9 Å². The summed E-state index contributed by atoms with van der Waals surface area (Å²) in [6, 6.07) is 0.997.